The van der Waals surface area contributed by atoms with Crippen molar-refractivity contribution in [2.24, 2.45) is 0 Å². The second-order valence-electron chi connectivity index (χ2n) is 6.25. The monoisotopic (exact) mass is 280 g/mol. The molecule has 2 aromatic rings. The number of aryl methyl sites for hydroxylation is 2. The molecule has 0 unspecified atom stereocenters. The molecule has 0 aliphatic carbocycles. The molecule has 3 heteroatoms. The van der Waals surface area contributed by atoms with Crippen molar-refractivity contribution >= 4 is 0 Å². The smallest absolute Gasteiger partial charge is 0.237 e. The van der Waals surface area contributed by atoms with Gasteiger partial charge in [0.1, 0.15) is 17.4 Å². The van der Waals surface area contributed by atoms with Crippen molar-refractivity contribution in [1.82, 2.24) is 4.98 Å². The number of aromatic nitrogens is 1. The summed E-state index contributed by atoms with van der Waals surface area (Å²) < 4.78 is 5.80. The summed E-state index contributed by atoms with van der Waals surface area (Å²) in [5, 5.41) is 9.25. The molecule has 0 fully saturated rings. The Balaban J connectivity index is 2.33. The molecule has 0 aliphatic heterocycles. The van der Waals surface area contributed by atoms with Gasteiger partial charge in [-0.1, -0.05) is 32.9 Å². The Kier molecular flexibility index (Phi) is 3.99. The van der Waals surface area contributed by atoms with E-state index in [1.807, 2.05) is 44.2 Å². The molecule has 1 heterocycles. The van der Waals surface area contributed by atoms with Crippen LogP contribution in [0, 0.1) is 25.2 Å². The lowest BCUT2D eigenvalue weighted by Gasteiger charge is -2.19. The summed E-state index contributed by atoms with van der Waals surface area (Å²) in [5.41, 5.74) is 3.55. The van der Waals surface area contributed by atoms with Gasteiger partial charge in [0.15, 0.2) is 0 Å². The van der Waals surface area contributed by atoms with Crippen molar-refractivity contribution in [2.45, 2.75) is 40.0 Å². The van der Waals surface area contributed by atoms with E-state index in [0.717, 1.165) is 11.3 Å². The summed E-state index contributed by atoms with van der Waals surface area (Å²) in [6.07, 6.45) is 0. The molecule has 0 N–H and O–H groups in total. The summed E-state index contributed by atoms with van der Waals surface area (Å²) in [4.78, 5) is 4.33. The highest BCUT2D eigenvalue weighted by molar-refractivity contribution is 5.47. The molecule has 1 aromatic carbocycles. The Bertz CT molecular complexity index is 689. The van der Waals surface area contributed by atoms with Gasteiger partial charge in [-0.2, -0.15) is 5.26 Å². The van der Waals surface area contributed by atoms with Crippen LogP contribution in [0.25, 0.3) is 0 Å². The largest absolute Gasteiger partial charge is 0.438 e. The van der Waals surface area contributed by atoms with Crippen molar-refractivity contribution in [1.29, 1.82) is 5.26 Å². The third-order valence-corrected chi connectivity index (χ3v) is 3.36. The van der Waals surface area contributed by atoms with Gasteiger partial charge in [-0.25, -0.2) is 4.98 Å². The van der Waals surface area contributed by atoms with Gasteiger partial charge in [-0.3, -0.25) is 0 Å². The highest BCUT2D eigenvalue weighted by atomic mass is 16.5. The predicted molar refractivity (Wildman–Crippen MR) is 83.6 cm³/mol. The molecular weight excluding hydrogens is 260 g/mol. The van der Waals surface area contributed by atoms with Crippen LogP contribution in [0.5, 0.6) is 11.6 Å². The first-order chi connectivity index (χ1) is 9.81. The second kappa shape index (κ2) is 5.57. The first-order valence-corrected chi connectivity index (χ1v) is 6.98. The van der Waals surface area contributed by atoms with Gasteiger partial charge in [0.05, 0.1) is 0 Å². The number of hydrogen-bond donors (Lipinski definition) is 0. The van der Waals surface area contributed by atoms with E-state index in [0.29, 0.717) is 17.2 Å². The zero-order valence-corrected chi connectivity index (χ0v) is 13.2. The van der Waals surface area contributed by atoms with Crippen LogP contribution in [0.3, 0.4) is 0 Å². The van der Waals surface area contributed by atoms with Crippen LogP contribution >= 0.6 is 0 Å². The van der Waals surface area contributed by atoms with Crippen molar-refractivity contribution in [3.63, 3.8) is 0 Å². The Morgan fingerprint density at radius 1 is 1.10 bits per heavy atom. The minimum absolute atomic E-state index is 0.106. The van der Waals surface area contributed by atoms with E-state index in [9.17, 15) is 5.26 Å². The maximum absolute atomic E-state index is 9.25. The van der Waals surface area contributed by atoms with Gasteiger partial charge in [-0.15, -0.1) is 0 Å². The molecule has 0 spiro atoms. The Morgan fingerprint density at radius 2 is 1.71 bits per heavy atom. The quantitative estimate of drug-likeness (QED) is 0.803. The average Bonchev–Trinajstić information content (AvgIpc) is 2.38. The SMILES string of the molecule is Cc1cc(C)c(C#N)c(Oc2ccc(C(C)(C)C)cc2)n1. The lowest BCUT2D eigenvalue weighted by atomic mass is 9.87. The molecule has 3 nitrogen and oxygen atoms in total. The molecule has 0 aliphatic rings. The van der Waals surface area contributed by atoms with Crippen LogP contribution in [0.1, 0.15) is 43.2 Å². The average molecular weight is 280 g/mol. The second-order valence-corrected chi connectivity index (χ2v) is 6.25. The Hall–Kier alpha value is -2.34. The number of benzene rings is 1. The van der Waals surface area contributed by atoms with Crippen molar-refractivity contribution in [3.05, 3.63) is 52.7 Å². The van der Waals surface area contributed by atoms with Gasteiger partial charge >= 0.3 is 0 Å². The number of hydrogen-bond acceptors (Lipinski definition) is 3. The third-order valence-electron chi connectivity index (χ3n) is 3.36. The van der Waals surface area contributed by atoms with E-state index >= 15 is 0 Å². The van der Waals surface area contributed by atoms with Crippen LogP contribution in [0.2, 0.25) is 0 Å². The van der Waals surface area contributed by atoms with E-state index in [4.69, 9.17) is 4.74 Å². The number of nitriles is 1. The highest BCUT2D eigenvalue weighted by Crippen LogP contribution is 2.28. The molecule has 1 aromatic heterocycles. The zero-order valence-electron chi connectivity index (χ0n) is 13.2. The fraction of sp³-hybridized carbons (Fsp3) is 0.333. The fourth-order valence-corrected chi connectivity index (χ4v) is 2.15. The molecule has 0 atom stereocenters. The third kappa shape index (κ3) is 3.41. The minimum atomic E-state index is 0.106. The van der Waals surface area contributed by atoms with Gasteiger partial charge in [-0.05, 0) is 48.6 Å². The Labute approximate surface area is 126 Å². The first kappa shape index (κ1) is 15.1. The Morgan fingerprint density at radius 3 is 2.24 bits per heavy atom. The van der Waals surface area contributed by atoms with Crippen molar-refractivity contribution in [2.75, 3.05) is 0 Å². The van der Waals surface area contributed by atoms with Crippen molar-refractivity contribution < 1.29 is 4.74 Å². The summed E-state index contributed by atoms with van der Waals surface area (Å²) in [7, 11) is 0. The minimum Gasteiger partial charge on any atom is -0.438 e. The fourth-order valence-electron chi connectivity index (χ4n) is 2.15. The molecule has 21 heavy (non-hydrogen) atoms. The molecule has 0 bridgehead atoms. The molecule has 0 radical (unpaired) electrons. The standard InChI is InChI=1S/C18H20N2O/c1-12-10-13(2)20-17(16(12)11-19)21-15-8-6-14(7-9-15)18(3,4)5/h6-10H,1-5H3. The zero-order chi connectivity index (χ0) is 15.6. The van der Waals surface area contributed by atoms with E-state index in [2.05, 4.69) is 31.8 Å². The predicted octanol–water partition coefficient (Wildman–Crippen LogP) is 4.66. The van der Waals surface area contributed by atoms with Gasteiger partial charge in [0, 0.05) is 5.69 Å². The normalized spacial score (nSPS) is 11.0. The number of ether oxygens (including phenoxy) is 1. The summed E-state index contributed by atoms with van der Waals surface area (Å²) in [6.45, 7) is 10.3. The summed E-state index contributed by atoms with van der Waals surface area (Å²) in [6, 6.07) is 12.0. The van der Waals surface area contributed by atoms with E-state index < -0.39 is 0 Å². The van der Waals surface area contributed by atoms with Crippen LogP contribution in [0.4, 0.5) is 0 Å². The van der Waals surface area contributed by atoms with Crippen LogP contribution < -0.4 is 4.74 Å². The van der Waals surface area contributed by atoms with Crippen LogP contribution in [-0.2, 0) is 5.41 Å². The molecule has 0 saturated heterocycles. The van der Waals surface area contributed by atoms with Crippen LogP contribution in [-0.4, -0.2) is 4.98 Å². The topological polar surface area (TPSA) is 45.9 Å². The maximum atomic E-state index is 9.25. The number of nitrogens with zero attached hydrogens (tertiary/aromatic N) is 2. The molecule has 108 valence electrons. The summed E-state index contributed by atoms with van der Waals surface area (Å²) in [5.74, 6) is 1.07. The van der Waals surface area contributed by atoms with Gasteiger partial charge in [0.25, 0.3) is 0 Å². The number of rotatable bonds is 2. The van der Waals surface area contributed by atoms with Gasteiger partial charge in [0.2, 0.25) is 5.88 Å². The maximum Gasteiger partial charge on any atom is 0.237 e. The van der Waals surface area contributed by atoms with E-state index in [1.54, 1.807) is 0 Å². The number of pyridine rings is 1. The lowest BCUT2D eigenvalue weighted by molar-refractivity contribution is 0.458. The van der Waals surface area contributed by atoms with Crippen LogP contribution in [0.15, 0.2) is 30.3 Å². The molecular formula is C18H20N2O. The summed E-state index contributed by atoms with van der Waals surface area (Å²) >= 11 is 0. The molecule has 2 rings (SSSR count). The molecule has 0 amide bonds. The lowest BCUT2D eigenvalue weighted by Crippen LogP contribution is -2.10. The molecule has 0 saturated carbocycles. The van der Waals surface area contributed by atoms with E-state index in [-0.39, 0.29) is 5.41 Å². The van der Waals surface area contributed by atoms with E-state index in [1.165, 1.54) is 5.56 Å². The van der Waals surface area contributed by atoms with Gasteiger partial charge < -0.3 is 4.74 Å². The first-order valence-electron chi connectivity index (χ1n) is 6.98. The van der Waals surface area contributed by atoms with Crippen molar-refractivity contribution in [3.8, 4) is 17.7 Å². The highest BCUT2D eigenvalue weighted by Gasteiger charge is 2.14.